The predicted molar refractivity (Wildman–Crippen MR) is 110 cm³/mol. The summed E-state index contributed by atoms with van der Waals surface area (Å²) in [7, 11) is 7.61. The molecule has 1 rings (SSSR count). The van der Waals surface area contributed by atoms with Crippen LogP contribution in [-0.2, 0) is 14.4 Å². The molecule has 160 valence electrons. The Kier molecular flexibility index (Phi) is 10.6. The number of aldehydes is 2. The van der Waals surface area contributed by atoms with Crippen molar-refractivity contribution < 1.29 is 18.8 Å². The molecular weight excluding hydrogens is 361 g/mol. The van der Waals surface area contributed by atoms with E-state index >= 15 is 0 Å². The third-order valence-electron chi connectivity index (χ3n) is 5.11. The molecule has 1 amide bonds. The molecule has 1 heterocycles. The van der Waals surface area contributed by atoms with E-state index in [-0.39, 0.29) is 37.9 Å². The molecule has 0 aromatic rings. The molecule has 1 aliphatic rings. The molecule has 0 radical (unpaired) electrons. The van der Waals surface area contributed by atoms with E-state index in [0.29, 0.717) is 12.2 Å². The van der Waals surface area contributed by atoms with Crippen LogP contribution in [0.5, 0.6) is 0 Å². The fourth-order valence-electron chi connectivity index (χ4n) is 2.47. The Morgan fingerprint density at radius 2 is 1.64 bits per heavy atom. The zero-order valence-electron chi connectivity index (χ0n) is 18.6. The van der Waals surface area contributed by atoms with Gasteiger partial charge in [-0.3, -0.25) is 19.4 Å². The van der Waals surface area contributed by atoms with Gasteiger partial charge in [-0.05, 0) is 53.9 Å². The van der Waals surface area contributed by atoms with E-state index in [2.05, 4.69) is 11.8 Å². The van der Waals surface area contributed by atoms with Gasteiger partial charge in [0.15, 0.2) is 12.0 Å². The van der Waals surface area contributed by atoms with Crippen molar-refractivity contribution in [1.29, 1.82) is 0 Å². The van der Waals surface area contributed by atoms with Crippen LogP contribution >= 0.6 is 0 Å². The summed E-state index contributed by atoms with van der Waals surface area (Å²) in [6, 6.07) is 0.0741. The summed E-state index contributed by atoms with van der Waals surface area (Å²) in [5.41, 5.74) is -2.16. The van der Waals surface area contributed by atoms with Gasteiger partial charge in [-0.25, -0.2) is 4.39 Å². The van der Waals surface area contributed by atoms with E-state index in [4.69, 9.17) is 0 Å². The Labute approximate surface area is 169 Å². The molecule has 0 aromatic heterocycles. The van der Waals surface area contributed by atoms with Gasteiger partial charge in [-0.1, -0.05) is 19.8 Å². The minimum absolute atomic E-state index is 0.0565. The number of carbonyl (C=O) groups excluding carboxylic acids is 3. The Balaban J connectivity index is 0.000000684. The molecule has 0 bridgehead atoms. The van der Waals surface area contributed by atoms with Crippen molar-refractivity contribution in [1.82, 2.24) is 14.7 Å². The first-order valence-electron chi connectivity index (χ1n) is 9.56. The second kappa shape index (κ2) is 11.3. The van der Waals surface area contributed by atoms with Crippen molar-refractivity contribution in [2.24, 2.45) is 5.92 Å². The zero-order chi connectivity index (χ0) is 22.1. The summed E-state index contributed by atoms with van der Waals surface area (Å²) < 4.78 is 13.7. The maximum absolute atomic E-state index is 13.7. The molecule has 6 nitrogen and oxygen atoms in total. The molecule has 1 aliphatic heterocycles. The lowest BCUT2D eigenvalue weighted by molar-refractivity contribution is -0.131. The van der Waals surface area contributed by atoms with Crippen LogP contribution in [0, 0.1) is 17.8 Å². The molecule has 0 N–H and O–H groups in total. The Bertz CT molecular complexity index is 575. The van der Waals surface area contributed by atoms with E-state index in [1.54, 1.807) is 0 Å². The summed E-state index contributed by atoms with van der Waals surface area (Å²) in [6.45, 7) is 8.40. The first-order chi connectivity index (χ1) is 12.8. The molecule has 0 aromatic carbocycles. The lowest BCUT2D eigenvalue weighted by Gasteiger charge is -2.32. The second-order valence-corrected chi connectivity index (χ2v) is 8.48. The van der Waals surface area contributed by atoms with Crippen molar-refractivity contribution in [3.8, 4) is 11.8 Å². The second-order valence-electron chi connectivity index (χ2n) is 8.48. The van der Waals surface area contributed by atoms with Gasteiger partial charge in [0.05, 0.1) is 11.6 Å². The average molecular weight is 398 g/mol. The van der Waals surface area contributed by atoms with Gasteiger partial charge in [-0.2, -0.15) is 0 Å². The van der Waals surface area contributed by atoms with Gasteiger partial charge < -0.3 is 9.69 Å². The van der Waals surface area contributed by atoms with Crippen LogP contribution < -0.4 is 0 Å². The first-order valence-corrected chi connectivity index (χ1v) is 9.56. The number of piperidine rings is 1. The normalized spacial score (nSPS) is 17.4. The highest BCUT2D eigenvalue weighted by Crippen LogP contribution is 2.24. The lowest BCUT2D eigenvalue weighted by Crippen LogP contribution is -2.45. The van der Waals surface area contributed by atoms with Crippen LogP contribution in [0.25, 0.3) is 0 Å². The van der Waals surface area contributed by atoms with E-state index in [1.165, 1.54) is 4.90 Å². The number of likely N-dealkylation sites (N-methyl/N-ethyl adjacent to an activating group) is 1. The summed E-state index contributed by atoms with van der Waals surface area (Å²) in [5.74, 6) is 5.63. The third-order valence-corrected chi connectivity index (χ3v) is 5.11. The largest absolute Gasteiger partial charge is 0.332 e. The highest BCUT2D eigenvalue weighted by Gasteiger charge is 2.35. The van der Waals surface area contributed by atoms with Crippen molar-refractivity contribution in [2.45, 2.75) is 57.8 Å². The van der Waals surface area contributed by atoms with Crippen LogP contribution in [-0.4, -0.2) is 91.7 Å². The highest BCUT2D eigenvalue weighted by atomic mass is 19.1. The number of likely N-dealkylation sites (tertiary alicyclic amines) is 1. The van der Waals surface area contributed by atoms with E-state index in [1.807, 2.05) is 65.7 Å². The molecule has 0 spiro atoms. The topological polar surface area (TPSA) is 60.9 Å². The van der Waals surface area contributed by atoms with E-state index in [0.717, 1.165) is 6.29 Å². The fourth-order valence-corrected chi connectivity index (χ4v) is 2.47. The van der Waals surface area contributed by atoms with Crippen molar-refractivity contribution >= 4 is 18.5 Å². The number of halogens is 1. The Morgan fingerprint density at radius 1 is 1.14 bits per heavy atom. The average Bonchev–Trinajstić information content (AvgIpc) is 2.60. The minimum Gasteiger partial charge on any atom is -0.332 e. The van der Waals surface area contributed by atoms with Gasteiger partial charge in [0.25, 0.3) is 5.91 Å². The van der Waals surface area contributed by atoms with Gasteiger partial charge in [0.2, 0.25) is 0 Å². The highest BCUT2D eigenvalue weighted by molar-refractivity contribution is 5.94. The number of hydrogen-bond acceptors (Lipinski definition) is 5. The molecule has 0 saturated carbocycles. The molecule has 28 heavy (non-hydrogen) atoms. The maximum Gasteiger partial charge on any atom is 0.298 e. The first kappa shape index (κ1) is 26.2. The number of hydrogen-bond donors (Lipinski definition) is 0. The minimum atomic E-state index is -1.77. The van der Waals surface area contributed by atoms with Crippen LogP contribution in [0.1, 0.15) is 40.5 Å². The predicted octanol–water partition coefficient (Wildman–Crippen LogP) is 1.63. The Hall–Kier alpha value is -1.78. The summed E-state index contributed by atoms with van der Waals surface area (Å²) in [4.78, 5) is 38.2. The van der Waals surface area contributed by atoms with Crippen molar-refractivity contribution in [3.63, 3.8) is 0 Å². The smallest absolute Gasteiger partial charge is 0.298 e. The summed E-state index contributed by atoms with van der Waals surface area (Å²) >= 11 is 0. The van der Waals surface area contributed by atoms with E-state index in [9.17, 15) is 18.8 Å². The van der Waals surface area contributed by atoms with Crippen molar-refractivity contribution in [3.05, 3.63) is 0 Å². The number of amides is 1. The van der Waals surface area contributed by atoms with Gasteiger partial charge in [0.1, 0.15) is 6.29 Å². The van der Waals surface area contributed by atoms with Crippen LogP contribution in [0.2, 0.25) is 0 Å². The third kappa shape index (κ3) is 8.49. The number of rotatable bonds is 5. The van der Waals surface area contributed by atoms with E-state index < -0.39 is 11.2 Å². The van der Waals surface area contributed by atoms with Gasteiger partial charge in [-0.15, -0.1) is 0 Å². The lowest BCUT2D eigenvalue weighted by atomic mass is 9.95. The molecule has 1 atom stereocenters. The maximum atomic E-state index is 13.7. The molecule has 1 unspecified atom stereocenters. The molecule has 7 heteroatoms. The molecule has 0 aliphatic carbocycles. The molecular formula is C21H36FN3O3. The number of carbonyl (C=O) groups is 3. The SMILES string of the molecule is CC(C)C(C=O)N(C)C.CN(C)C(C)(C)C#CC(=O)N1CCC(F)(C=O)CC1. The summed E-state index contributed by atoms with van der Waals surface area (Å²) in [5, 5.41) is 0. The standard InChI is InChI=1S/C14H21FN2O2.C7H15NO/c1-13(2,16(3)4)6-5-12(19)17-9-7-14(15,11-18)8-10-17;1-6(2)7(5-9)8(3)4/h11H,7-10H2,1-4H3;5-7H,1-4H3. The van der Waals surface area contributed by atoms with Crippen molar-refractivity contribution in [2.75, 3.05) is 41.3 Å². The zero-order valence-corrected chi connectivity index (χ0v) is 18.6. The van der Waals surface area contributed by atoms with Gasteiger partial charge in [0, 0.05) is 25.9 Å². The molecule has 1 saturated heterocycles. The fraction of sp³-hybridized carbons (Fsp3) is 0.762. The van der Waals surface area contributed by atoms with Gasteiger partial charge >= 0.3 is 0 Å². The quantitative estimate of drug-likeness (QED) is 0.521. The number of nitrogens with zero attached hydrogens (tertiary/aromatic N) is 3. The summed E-state index contributed by atoms with van der Waals surface area (Å²) in [6.07, 6.45) is 1.45. The van der Waals surface area contributed by atoms with Crippen LogP contribution in [0.15, 0.2) is 0 Å². The monoisotopic (exact) mass is 397 g/mol. The van der Waals surface area contributed by atoms with Crippen LogP contribution in [0.4, 0.5) is 4.39 Å². The number of alkyl halides is 1. The molecule has 1 fully saturated rings. The van der Waals surface area contributed by atoms with Crippen LogP contribution in [0.3, 0.4) is 0 Å². The Morgan fingerprint density at radius 3 is 1.93 bits per heavy atom.